The summed E-state index contributed by atoms with van der Waals surface area (Å²) in [6.45, 7) is 3.73. The van der Waals surface area contributed by atoms with E-state index in [2.05, 4.69) is 0 Å². The highest BCUT2D eigenvalue weighted by atomic mass is 35.5. The average molecular weight is 481 g/mol. The molecular formula is C17H21Cl2F3O4S2. The van der Waals surface area contributed by atoms with E-state index in [1.807, 2.05) is 0 Å². The van der Waals surface area contributed by atoms with Crippen LogP contribution in [0.1, 0.15) is 33.6 Å². The van der Waals surface area contributed by atoms with Crippen molar-refractivity contribution in [3.05, 3.63) is 28.2 Å². The molecule has 1 saturated carbocycles. The smallest absolute Gasteiger partial charge is 0.244 e. The molecule has 0 aliphatic heterocycles. The highest BCUT2D eigenvalue weighted by Gasteiger charge is 2.70. The zero-order valence-electron chi connectivity index (χ0n) is 15.4. The summed E-state index contributed by atoms with van der Waals surface area (Å²) in [7, 11) is -9.89. The second kappa shape index (κ2) is 7.63. The van der Waals surface area contributed by atoms with Gasteiger partial charge >= 0.3 is 0 Å². The molecule has 1 aliphatic carbocycles. The minimum absolute atomic E-state index is 0.0365. The molecule has 11 heteroatoms. The van der Waals surface area contributed by atoms with Gasteiger partial charge in [-0.15, -0.1) is 0 Å². The van der Waals surface area contributed by atoms with Crippen molar-refractivity contribution in [3.63, 3.8) is 0 Å². The second-order valence-electron chi connectivity index (χ2n) is 7.59. The van der Waals surface area contributed by atoms with Crippen LogP contribution in [-0.4, -0.2) is 38.8 Å². The molecule has 1 aliphatic rings. The number of sulfone groups is 2. The summed E-state index contributed by atoms with van der Waals surface area (Å²) in [6.07, 6.45) is -3.57. The van der Waals surface area contributed by atoms with Gasteiger partial charge in [-0.25, -0.2) is 30.0 Å². The van der Waals surface area contributed by atoms with E-state index in [1.54, 1.807) is 0 Å². The summed E-state index contributed by atoms with van der Waals surface area (Å²) in [6, 6.07) is 3.07. The van der Waals surface area contributed by atoms with E-state index in [0.717, 1.165) is 18.2 Å². The average Bonchev–Trinajstić information content (AvgIpc) is 2.53. The molecular weight excluding hydrogens is 460 g/mol. The first-order valence-electron chi connectivity index (χ1n) is 8.50. The number of benzene rings is 1. The molecule has 4 nitrogen and oxygen atoms in total. The van der Waals surface area contributed by atoms with Crippen LogP contribution in [-0.2, 0) is 19.7 Å². The highest BCUT2D eigenvalue weighted by Crippen LogP contribution is 2.54. The van der Waals surface area contributed by atoms with Crippen molar-refractivity contribution in [3.8, 4) is 0 Å². The van der Waals surface area contributed by atoms with Gasteiger partial charge in [0.2, 0.25) is 14.8 Å². The van der Waals surface area contributed by atoms with Crippen LogP contribution in [0.25, 0.3) is 0 Å². The van der Waals surface area contributed by atoms with Gasteiger partial charge in [0, 0.05) is 6.42 Å². The molecule has 28 heavy (non-hydrogen) atoms. The number of hydrogen-bond acceptors (Lipinski definition) is 4. The number of alkyl halides is 3. The topological polar surface area (TPSA) is 68.3 Å². The van der Waals surface area contributed by atoms with Crippen LogP contribution >= 0.6 is 23.2 Å². The first kappa shape index (κ1) is 23.8. The van der Waals surface area contributed by atoms with E-state index in [-0.39, 0.29) is 16.5 Å². The lowest BCUT2D eigenvalue weighted by molar-refractivity contribution is -0.117. The standard InChI is InChI=1S/C17H21Cl2F3O4S2/c1-10(2)17(22)15(20)6-11(3)8-16(17,21)28(25,26)9-27(23,24)12-4-5-13(18)14(19)7-12/h4-5,7,10-11,15H,6,8-9H2,1-3H3. The molecule has 4 atom stereocenters. The van der Waals surface area contributed by atoms with E-state index < -0.39 is 64.8 Å². The van der Waals surface area contributed by atoms with Crippen LogP contribution in [0.4, 0.5) is 13.2 Å². The van der Waals surface area contributed by atoms with Gasteiger partial charge in [-0.2, -0.15) is 0 Å². The zero-order chi connectivity index (χ0) is 21.7. The molecule has 0 heterocycles. The third-order valence-corrected chi connectivity index (χ3v) is 10.8. The Balaban J connectivity index is 2.55. The molecule has 0 bridgehead atoms. The van der Waals surface area contributed by atoms with E-state index in [4.69, 9.17) is 23.2 Å². The van der Waals surface area contributed by atoms with Crippen molar-refractivity contribution >= 4 is 42.9 Å². The maximum Gasteiger partial charge on any atom is 0.248 e. The third kappa shape index (κ3) is 3.79. The van der Waals surface area contributed by atoms with Crippen LogP contribution in [0.15, 0.2) is 23.1 Å². The fourth-order valence-electron chi connectivity index (χ4n) is 3.64. The largest absolute Gasteiger partial charge is 0.248 e. The van der Waals surface area contributed by atoms with Crippen LogP contribution in [0.5, 0.6) is 0 Å². The lowest BCUT2D eigenvalue weighted by Gasteiger charge is -2.48. The molecule has 0 amide bonds. The van der Waals surface area contributed by atoms with Crippen molar-refractivity contribution in [1.29, 1.82) is 0 Å². The number of hydrogen-bond donors (Lipinski definition) is 0. The van der Waals surface area contributed by atoms with Crippen molar-refractivity contribution in [2.45, 2.75) is 55.3 Å². The van der Waals surface area contributed by atoms with Gasteiger partial charge in [0.1, 0.15) is 6.17 Å². The SMILES string of the molecule is CC1CC(F)C(F)(C(C)C)C(F)(S(=O)(=O)CS(=O)(=O)c2ccc(Cl)c(Cl)c2)C1. The summed E-state index contributed by atoms with van der Waals surface area (Å²) in [5.74, 6) is -2.12. The minimum Gasteiger partial charge on any atom is -0.244 e. The predicted octanol–water partition coefficient (Wildman–Crippen LogP) is 4.94. The van der Waals surface area contributed by atoms with E-state index in [0.29, 0.717) is 0 Å². The first-order chi connectivity index (χ1) is 12.6. The predicted molar refractivity (Wildman–Crippen MR) is 103 cm³/mol. The molecule has 0 aromatic heterocycles. The van der Waals surface area contributed by atoms with Gasteiger partial charge in [-0.1, -0.05) is 44.0 Å². The first-order valence-corrected chi connectivity index (χ1v) is 12.6. The summed E-state index contributed by atoms with van der Waals surface area (Å²) in [5.41, 5.74) is -3.37. The van der Waals surface area contributed by atoms with Crippen LogP contribution in [0.2, 0.25) is 10.0 Å². The molecule has 4 unspecified atom stereocenters. The summed E-state index contributed by atoms with van der Waals surface area (Å²) >= 11 is 11.5. The van der Waals surface area contributed by atoms with Gasteiger partial charge in [0.15, 0.2) is 20.6 Å². The molecule has 2 rings (SSSR count). The van der Waals surface area contributed by atoms with Gasteiger partial charge in [-0.05, 0) is 36.5 Å². The molecule has 0 N–H and O–H groups in total. The minimum atomic E-state index is -5.28. The molecule has 1 aromatic rings. The van der Waals surface area contributed by atoms with E-state index >= 15 is 8.78 Å². The Labute approximate surface area is 173 Å². The normalized spacial score (nSPS) is 31.9. The van der Waals surface area contributed by atoms with Crippen LogP contribution in [0.3, 0.4) is 0 Å². The molecule has 0 radical (unpaired) electrons. The van der Waals surface area contributed by atoms with Crippen molar-refractivity contribution in [2.75, 3.05) is 5.08 Å². The second-order valence-corrected chi connectivity index (χ2v) is 12.9. The molecule has 1 fully saturated rings. The Kier molecular flexibility index (Phi) is 6.48. The summed E-state index contributed by atoms with van der Waals surface area (Å²) in [4.78, 5) is -0.510. The van der Waals surface area contributed by atoms with Crippen molar-refractivity contribution in [1.82, 2.24) is 0 Å². The Hall–Kier alpha value is -0.510. The summed E-state index contributed by atoms with van der Waals surface area (Å²) < 4.78 is 96.7. The quantitative estimate of drug-likeness (QED) is 0.598. The molecule has 0 saturated heterocycles. The maximum absolute atomic E-state index is 15.8. The van der Waals surface area contributed by atoms with Crippen LogP contribution < -0.4 is 0 Å². The van der Waals surface area contributed by atoms with Gasteiger partial charge in [0.25, 0.3) is 0 Å². The van der Waals surface area contributed by atoms with Crippen molar-refractivity contribution in [2.24, 2.45) is 11.8 Å². The van der Waals surface area contributed by atoms with E-state index in [9.17, 15) is 21.2 Å². The van der Waals surface area contributed by atoms with Crippen LogP contribution in [0, 0.1) is 11.8 Å². The Bertz CT molecular complexity index is 969. The van der Waals surface area contributed by atoms with Crippen molar-refractivity contribution < 1.29 is 30.0 Å². The third-order valence-electron chi connectivity index (χ3n) is 5.14. The number of rotatable bonds is 5. The monoisotopic (exact) mass is 480 g/mol. The zero-order valence-corrected chi connectivity index (χ0v) is 18.6. The van der Waals surface area contributed by atoms with Gasteiger partial charge in [-0.3, -0.25) is 0 Å². The lowest BCUT2D eigenvalue weighted by atomic mass is 9.72. The van der Waals surface area contributed by atoms with Gasteiger partial charge in [0.05, 0.1) is 14.9 Å². The Morgan fingerprint density at radius 1 is 1.14 bits per heavy atom. The highest BCUT2D eigenvalue weighted by molar-refractivity contribution is 8.08. The maximum atomic E-state index is 15.8. The Morgan fingerprint density at radius 2 is 1.71 bits per heavy atom. The molecule has 0 spiro atoms. The lowest BCUT2D eigenvalue weighted by Crippen LogP contribution is -2.65. The fraction of sp³-hybridized carbons (Fsp3) is 0.647. The Morgan fingerprint density at radius 3 is 2.21 bits per heavy atom. The van der Waals surface area contributed by atoms with Gasteiger partial charge < -0.3 is 0 Å². The molecule has 160 valence electrons. The van der Waals surface area contributed by atoms with E-state index in [1.165, 1.54) is 20.8 Å². The molecule has 1 aromatic carbocycles. The number of halogens is 5. The summed E-state index contributed by atoms with van der Waals surface area (Å²) in [5, 5.41) is -5.51. The fourth-order valence-corrected chi connectivity index (χ4v) is 8.88.